The molecule has 1 saturated heterocycles. The highest BCUT2D eigenvalue weighted by Gasteiger charge is 2.51. The van der Waals surface area contributed by atoms with E-state index in [1.54, 1.807) is 0 Å². The van der Waals surface area contributed by atoms with Crippen molar-refractivity contribution in [2.24, 2.45) is 0 Å². The number of benzene rings is 1. The number of esters is 1. The van der Waals surface area contributed by atoms with Crippen LogP contribution in [0.4, 0.5) is 0 Å². The number of hydrogen-bond acceptors (Lipinski definition) is 4. The number of carbonyl (C=O) groups excluding carboxylic acids is 1. The molecule has 1 aliphatic heterocycles. The van der Waals surface area contributed by atoms with Gasteiger partial charge in [-0.25, -0.2) is 0 Å². The fourth-order valence-electron chi connectivity index (χ4n) is 2.78. The summed E-state index contributed by atoms with van der Waals surface area (Å²) in [6.45, 7) is 12.6. The van der Waals surface area contributed by atoms with E-state index < -0.39 is 0 Å². The van der Waals surface area contributed by atoms with Crippen molar-refractivity contribution in [3.63, 3.8) is 0 Å². The molecule has 0 radical (unpaired) electrons. The van der Waals surface area contributed by atoms with Gasteiger partial charge in [0.2, 0.25) is 0 Å². The molecule has 1 heterocycles. The molecule has 0 bridgehead atoms. The standard InChI is InChI=1S/C19H29BO4/c1-7-22-17(21)10-8-9-15-11-12-16(13-14(15)2)20-23-18(3,4)19(5,6)24-20/h11-13H,7-10H2,1-6H3. The molecule has 1 fully saturated rings. The predicted octanol–water partition coefficient (Wildman–Crippen LogP) is 3.18. The minimum atomic E-state index is -0.331. The molecule has 0 aliphatic carbocycles. The average Bonchev–Trinajstić information content (AvgIpc) is 2.69. The van der Waals surface area contributed by atoms with Gasteiger partial charge in [0.05, 0.1) is 17.8 Å². The van der Waals surface area contributed by atoms with Crippen LogP contribution >= 0.6 is 0 Å². The molecule has 0 unspecified atom stereocenters. The maximum Gasteiger partial charge on any atom is 0.494 e. The third-order valence-electron chi connectivity index (χ3n) is 5.02. The van der Waals surface area contributed by atoms with Gasteiger partial charge in [-0.05, 0) is 71.0 Å². The van der Waals surface area contributed by atoms with E-state index in [4.69, 9.17) is 14.0 Å². The molecule has 1 aromatic carbocycles. The number of rotatable bonds is 6. The van der Waals surface area contributed by atoms with Crippen LogP contribution in [0.25, 0.3) is 0 Å². The lowest BCUT2D eigenvalue weighted by atomic mass is 9.77. The number of ether oxygens (including phenoxy) is 1. The summed E-state index contributed by atoms with van der Waals surface area (Å²) in [6, 6.07) is 6.30. The lowest BCUT2D eigenvalue weighted by molar-refractivity contribution is -0.143. The van der Waals surface area contributed by atoms with Crippen LogP contribution in [0.1, 0.15) is 58.6 Å². The molecule has 1 aliphatic rings. The summed E-state index contributed by atoms with van der Waals surface area (Å²) in [4.78, 5) is 11.4. The van der Waals surface area contributed by atoms with Gasteiger partial charge >= 0.3 is 13.1 Å². The van der Waals surface area contributed by atoms with Crippen LogP contribution in [-0.2, 0) is 25.3 Å². The largest absolute Gasteiger partial charge is 0.494 e. The second kappa shape index (κ2) is 7.28. The van der Waals surface area contributed by atoms with Crippen LogP contribution in [0.2, 0.25) is 0 Å². The summed E-state index contributed by atoms with van der Waals surface area (Å²) in [6.07, 6.45) is 2.13. The van der Waals surface area contributed by atoms with Gasteiger partial charge in [-0.1, -0.05) is 18.2 Å². The van der Waals surface area contributed by atoms with Crippen molar-refractivity contribution in [1.82, 2.24) is 0 Å². The van der Waals surface area contributed by atoms with E-state index in [1.807, 2.05) is 6.92 Å². The van der Waals surface area contributed by atoms with Gasteiger partial charge in [-0.3, -0.25) is 4.79 Å². The first kappa shape index (κ1) is 19.0. The zero-order chi connectivity index (χ0) is 18.0. The lowest BCUT2D eigenvalue weighted by Crippen LogP contribution is -2.41. The summed E-state index contributed by atoms with van der Waals surface area (Å²) >= 11 is 0. The van der Waals surface area contributed by atoms with Crippen LogP contribution in [0.3, 0.4) is 0 Å². The Morgan fingerprint density at radius 2 is 1.79 bits per heavy atom. The van der Waals surface area contributed by atoms with Crippen LogP contribution in [0.5, 0.6) is 0 Å². The molecule has 132 valence electrons. The SMILES string of the molecule is CCOC(=O)CCCc1ccc(B2OC(C)(C)C(C)(C)O2)cc1C. The Morgan fingerprint density at radius 3 is 2.33 bits per heavy atom. The average molecular weight is 332 g/mol. The predicted molar refractivity (Wildman–Crippen MR) is 96.5 cm³/mol. The van der Waals surface area contributed by atoms with E-state index in [1.165, 1.54) is 11.1 Å². The van der Waals surface area contributed by atoms with Gasteiger partial charge < -0.3 is 14.0 Å². The summed E-state index contributed by atoms with van der Waals surface area (Å²) in [5.74, 6) is -0.121. The van der Waals surface area contributed by atoms with Gasteiger partial charge in [-0.15, -0.1) is 0 Å². The van der Waals surface area contributed by atoms with E-state index in [9.17, 15) is 4.79 Å². The van der Waals surface area contributed by atoms with Crippen LogP contribution < -0.4 is 5.46 Å². The molecular weight excluding hydrogens is 303 g/mol. The zero-order valence-electron chi connectivity index (χ0n) is 15.8. The zero-order valence-corrected chi connectivity index (χ0v) is 15.8. The summed E-state index contributed by atoms with van der Waals surface area (Å²) in [7, 11) is -0.331. The molecule has 1 aromatic rings. The Balaban J connectivity index is 1.99. The molecule has 0 aromatic heterocycles. The van der Waals surface area contributed by atoms with Crippen molar-refractivity contribution >= 4 is 18.6 Å². The van der Waals surface area contributed by atoms with Crippen LogP contribution in [-0.4, -0.2) is 30.9 Å². The van der Waals surface area contributed by atoms with Gasteiger partial charge in [0.25, 0.3) is 0 Å². The van der Waals surface area contributed by atoms with Crippen molar-refractivity contribution in [1.29, 1.82) is 0 Å². The molecule has 4 nitrogen and oxygen atoms in total. The first-order valence-electron chi connectivity index (χ1n) is 8.77. The first-order valence-corrected chi connectivity index (χ1v) is 8.77. The van der Waals surface area contributed by atoms with Gasteiger partial charge in [0.1, 0.15) is 0 Å². The highest BCUT2D eigenvalue weighted by Crippen LogP contribution is 2.36. The molecule has 0 spiro atoms. The highest BCUT2D eigenvalue weighted by atomic mass is 16.7. The van der Waals surface area contributed by atoms with Crippen molar-refractivity contribution in [2.45, 2.75) is 72.0 Å². The van der Waals surface area contributed by atoms with Crippen molar-refractivity contribution < 1.29 is 18.8 Å². The van der Waals surface area contributed by atoms with Crippen molar-refractivity contribution in [3.8, 4) is 0 Å². The smallest absolute Gasteiger partial charge is 0.466 e. The van der Waals surface area contributed by atoms with Crippen LogP contribution in [0, 0.1) is 6.92 Å². The first-order chi connectivity index (χ1) is 11.2. The molecule has 5 heteroatoms. The third kappa shape index (κ3) is 4.20. The molecule has 0 saturated carbocycles. The Labute approximate surface area is 146 Å². The molecule has 0 amide bonds. The Kier molecular flexibility index (Phi) is 5.76. The molecule has 2 rings (SSSR count). The molecule has 0 N–H and O–H groups in total. The fraction of sp³-hybridized carbons (Fsp3) is 0.632. The number of carbonyl (C=O) groups is 1. The molecule has 24 heavy (non-hydrogen) atoms. The number of hydrogen-bond donors (Lipinski definition) is 0. The normalized spacial score (nSPS) is 18.7. The van der Waals surface area contributed by atoms with Crippen LogP contribution in [0.15, 0.2) is 18.2 Å². The molecule has 0 atom stereocenters. The van der Waals surface area contributed by atoms with Crippen molar-refractivity contribution in [2.75, 3.05) is 6.61 Å². The second-order valence-corrected chi connectivity index (χ2v) is 7.43. The summed E-state index contributed by atoms with van der Waals surface area (Å²) in [5.41, 5.74) is 2.83. The molecular formula is C19H29BO4. The maximum atomic E-state index is 11.4. The van der Waals surface area contributed by atoms with Gasteiger partial charge in [-0.2, -0.15) is 0 Å². The topological polar surface area (TPSA) is 44.8 Å². The Morgan fingerprint density at radius 1 is 1.17 bits per heavy atom. The van der Waals surface area contributed by atoms with Gasteiger partial charge in [0.15, 0.2) is 0 Å². The lowest BCUT2D eigenvalue weighted by Gasteiger charge is -2.32. The fourth-order valence-corrected chi connectivity index (χ4v) is 2.78. The highest BCUT2D eigenvalue weighted by molar-refractivity contribution is 6.62. The maximum absolute atomic E-state index is 11.4. The summed E-state index contributed by atoms with van der Waals surface area (Å²) in [5, 5.41) is 0. The minimum absolute atomic E-state index is 0.121. The Bertz CT molecular complexity index is 579. The quantitative estimate of drug-likeness (QED) is 0.593. The van der Waals surface area contributed by atoms with E-state index >= 15 is 0 Å². The van der Waals surface area contributed by atoms with E-state index in [2.05, 4.69) is 52.8 Å². The van der Waals surface area contributed by atoms with Gasteiger partial charge in [0, 0.05) is 6.42 Å². The van der Waals surface area contributed by atoms with E-state index in [0.717, 1.165) is 18.3 Å². The monoisotopic (exact) mass is 332 g/mol. The Hall–Kier alpha value is -1.33. The second-order valence-electron chi connectivity index (χ2n) is 7.43. The van der Waals surface area contributed by atoms with Crippen molar-refractivity contribution in [3.05, 3.63) is 29.3 Å². The van der Waals surface area contributed by atoms with E-state index in [-0.39, 0.29) is 24.3 Å². The van der Waals surface area contributed by atoms with E-state index in [0.29, 0.717) is 13.0 Å². The minimum Gasteiger partial charge on any atom is -0.466 e. The number of aryl methyl sites for hydroxylation is 2. The summed E-state index contributed by atoms with van der Waals surface area (Å²) < 4.78 is 17.2. The third-order valence-corrected chi connectivity index (χ3v) is 5.02.